The monoisotopic (exact) mass is 780 g/mol. The van der Waals surface area contributed by atoms with Crippen molar-refractivity contribution in [2.45, 2.75) is 31.6 Å². The highest BCUT2D eigenvalue weighted by Gasteiger charge is 2.33. The first-order valence-electron chi connectivity index (χ1n) is 21.6. The average molecular weight is 781 g/mol. The summed E-state index contributed by atoms with van der Waals surface area (Å²) in [7, 11) is 0. The van der Waals surface area contributed by atoms with Gasteiger partial charge in [-0.25, -0.2) is 4.99 Å². The Labute approximate surface area is 353 Å². The lowest BCUT2D eigenvalue weighted by Crippen LogP contribution is -2.12. The molecule has 2 aliphatic rings. The number of aromatic nitrogens is 1. The highest BCUT2D eigenvalue weighted by molar-refractivity contribution is 6.26. The number of para-hydroxylation sites is 3. The molecule has 1 aliphatic carbocycles. The lowest BCUT2D eigenvalue weighted by atomic mass is 9.83. The Kier molecular flexibility index (Phi) is 7.62. The minimum Gasteiger partial charge on any atom is -0.454 e. The van der Waals surface area contributed by atoms with Gasteiger partial charge in [0.25, 0.3) is 0 Å². The van der Waals surface area contributed by atoms with Gasteiger partial charge in [-0.15, -0.1) is 0 Å². The molecule has 11 aromatic rings. The van der Waals surface area contributed by atoms with Crippen LogP contribution < -0.4 is 0 Å². The molecule has 0 spiro atoms. The van der Waals surface area contributed by atoms with Gasteiger partial charge >= 0.3 is 0 Å². The second kappa shape index (κ2) is 13.5. The van der Waals surface area contributed by atoms with E-state index in [1.165, 1.54) is 93.6 Å². The number of benzene rings is 8. The lowest BCUT2D eigenvalue weighted by molar-refractivity contribution is 0.597. The minimum absolute atomic E-state index is 0.0316. The van der Waals surface area contributed by atoms with Crippen LogP contribution in [0.25, 0.3) is 82.4 Å². The van der Waals surface area contributed by atoms with Crippen molar-refractivity contribution in [3.8, 4) is 33.4 Å². The molecule has 0 fully saturated rings. The van der Waals surface area contributed by atoms with Crippen molar-refractivity contribution in [2.24, 2.45) is 4.99 Å². The third-order valence-electron chi connectivity index (χ3n) is 13.5. The predicted octanol–water partition coefficient (Wildman–Crippen LogP) is 15.0. The highest BCUT2D eigenvalue weighted by Crippen LogP contribution is 2.52. The van der Waals surface area contributed by atoms with Gasteiger partial charge in [-0.2, -0.15) is 0 Å². The Hall–Kier alpha value is -7.49. The SMILES string of the molecule is C1=C(C2CCc3ccc(-c4ccccc4)cc3-c3cc4c5ccccc5n5c6ccccc6c(c32)c45)\N=C(\c2ccc(-c3ccccc3)cc2)c2oc3ccccc3c2CC/1. The fraction of sp³-hybridized carbons (Fsp3) is 0.0862. The number of nitrogens with zero attached hydrogens (tertiary/aromatic N) is 2. The van der Waals surface area contributed by atoms with Gasteiger partial charge in [0.05, 0.1) is 16.6 Å². The van der Waals surface area contributed by atoms with Gasteiger partial charge in [0.2, 0.25) is 0 Å². The van der Waals surface area contributed by atoms with E-state index in [0.717, 1.165) is 54.0 Å². The summed E-state index contributed by atoms with van der Waals surface area (Å²) in [6, 6.07) is 66.5. The number of fused-ring (bicyclic) bond motifs is 13. The summed E-state index contributed by atoms with van der Waals surface area (Å²) in [6.07, 6.45) is 6.09. The summed E-state index contributed by atoms with van der Waals surface area (Å²) in [5.74, 6) is 0.915. The number of rotatable bonds is 4. The Morgan fingerprint density at radius 1 is 0.508 bits per heavy atom. The van der Waals surface area contributed by atoms with Crippen LogP contribution >= 0.6 is 0 Å². The quantitative estimate of drug-likeness (QED) is 0.175. The third-order valence-corrected chi connectivity index (χ3v) is 13.5. The van der Waals surface area contributed by atoms with Crippen LogP contribution in [0.15, 0.2) is 203 Å². The largest absolute Gasteiger partial charge is 0.454 e. The number of furan rings is 1. The number of aryl methyl sites for hydroxylation is 2. The number of allylic oxidation sites excluding steroid dienone is 2. The molecule has 1 unspecified atom stereocenters. The van der Waals surface area contributed by atoms with Crippen LogP contribution in [0.1, 0.15) is 46.8 Å². The van der Waals surface area contributed by atoms with Gasteiger partial charge in [-0.3, -0.25) is 0 Å². The Bertz CT molecular complexity index is 3570. The second-order valence-corrected chi connectivity index (χ2v) is 16.8. The van der Waals surface area contributed by atoms with E-state index in [4.69, 9.17) is 9.41 Å². The fourth-order valence-corrected chi connectivity index (χ4v) is 10.7. The van der Waals surface area contributed by atoms with E-state index >= 15 is 0 Å². The summed E-state index contributed by atoms with van der Waals surface area (Å²) in [6.45, 7) is 0. The maximum Gasteiger partial charge on any atom is 0.157 e. The first-order valence-corrected chi connectivity index (χ1v) is 21.6. The van der Waals surface area contributed by atoms with Crippen LogP contribution in [-0.4, -0.2) is 10.1 Å². The normalized spacial score (nSPS) is 17.0. The third kappa shape index (κ3) is 5.27. The van der Waals surface area contributed by atoms with E-state index in [0.29, 0.717) is 0 Å². The number of hydrogen-bond donors (Lipinski definition) is 0. The molecule has 0 saturated heterocycles. The molecule has 0 radical (unpaired) electrons. The molecule has 3 nitrogen and oxygen atoms in total. The summed E-state index contributed by atoms with van der Waals surface area (Å²) in [5.41, 5.74) is 19.3. The van der Waals surface area contributed by atoms with Crippen LogP contribution in [-0.2, 0) is 12.8 Å². The molecule has 0 bridgehead atoms. The Balaban J connectivity index is 1.09. The highest BCUT2D eigenvalue weighted by atomic mass is 16.3. The van der Waals surface area contributed by atoms with E-state index in [1.54, 1.807) is 0 Å². The van der Waals surface area contributed by atoms with Gasteiger partial charge in [0.15, 0.2) is 5.76 Å². The molecule has 1 aliphatic heterocycles. The van der Waals surface area contributed by atoms with Crippen molar-refractivity contribution in [1.29, 1.82) is 0 Å². The summed E-state index contributed by atoms with van der Waals surface area (Å²) < 4.78 is 9.40. The first-order chi connectivity index (χ1) is 30.3. The van der Waals surface area contributed by atoms with Crippen LogP contribution in [0.4, 0.5) is 0 Å². The summed E-state index contributed by atoms with van der Waals surface area (Å²) in [5, 5.41) is 6.41. The maximum absolute atomic E-state index is 6.87. The summed E-state index contributed by atoms with van der Waals surface area (Å²) >= 11 is 0. The van der Waals surface area contributed by atoms with Crippen molar-refractivity contribution in [3.63, 3.8) is 0 Å². The molecule has 0 amide bonds. The van der Waals surface area contributed by atoms with E-state index in [2.05, 4.69) is 192 Å². The van der Waals surface area contributed by atoms with Crippen LogP contribution in [0.5, 0.6) is 0 Å². The van der Waals surface area contributed by atoms with Gasteiger partial charge in [0.1, 0.15) is 11.3 Å². The molecule has 8 aromatic carbocycles. The Morgan fingerprint density at radius 3 is 1.92 bits per heavy atom. The zero-order valence-corrected chi connectivity index (χ0v) is 33.6. The fourth-order valence-electron chi connectivity index (χ4n) is 10.7. The van der Waals surface area contributed by atoms with Crippen molar-refractivity contribution in [1.82, 2.24) is 4.40 Å². The predicted molar refractivity (Wildman–Crippen MR) is 253 cm³/mol. The molecule has 3 aromatic heterocycles. The number of aliphatic imine (C=N–C) groups is 1. The smallest absolute Gasteiger partial charge is 0.157 e. The van der Waals surface area contributed by atoms with Crippen LogP contribution in [0, 0.1) is 0 Å². The molecule has 1 atom stereocenters. The molecular weight excluding hydrogens is 741 g/mol. The van der Waals surface area contributed by atoms with Crippen molar-refractivity contribution < 1.29 is 4.42 Å². The molecule has 0 saturated carbocycles. The van der Waals surface area contributed by atoms with Gasteiger partial charge in [-0.05, 0) is 101 Å². The minimum atomic E-state index is 0.0316. The summed E-state index contributed by atoms with van der Waals surface area (Å²) in [4.78, 5) is 5.89. The molecule has 13 rings (SSSR count). The van der Waals surface area contributed by atoms with Crippen molar-refractivity contribution in [2.75, 3.05) is 0 Å². The second-order valence-electron chi connectivity index (χ2n) is 16.8. The van der Waals surface area contributed by atoms with Crippen LogP contribution in [0.3, 0.4) is 0 Å². The van der Waals surface area contributed by atoms with E-state index < -0.39 is 0 Å². The topological polar surface area (TPSA) is 29.9 Å². The standard InChI is InChI=1S/C58H40N2O/c1-3-14-36(15-4-1)38-26-29-40(30-27-38)56-58-44(43-19-9-12-25-53(43)61-58)21-13-22-50(59-56)45-33-32-39-28-31-41(37-16-5-2-6-17-37)34-47(39)48-35-49-42-18-7-10-23-51(42)60-52-24-11-8-20-46(52)55(54(45)48)57(49)60/h1-12,14-20,22-31,34-35,45H,13,21,32-33H2/b50-22-,59-56-. The van der Waals surface area contributed by atoms with E-state index in [-0.39, 0.29) is 5.92 Å². The van der Waals surface area contributed by atoms with Gasteiger partial charge < -0.3 is 8.82 Å². The maximum atomic E-state index is 6.87. The Morgan fingerprint density at radius 2 is 1.13 bits per heavy atom. The average Bonchev–Trinajstić information content (AvgIpc) is 3.93. The zero-order chi connectivity index (χ0) is 40.0. The number of hydrogen-bond acceptors (Lipinski definition) is 2. The molecule has 4 heterocycles. The van der Waals surface area contributed by atoms with Crippen molar-refractivity contribution in [3.05, 3.63) is 222 Å². The van der Waals surface area contributed by atoms with Gasteiger partial charge in [-0.1, -0.05) is 158 Å². The molecular formula is C58H40N2O. The van der Waals surface area contributed by atoms with E-state index in [1.807, 2.05) is 0 Å². The van der Waals surface area contributed by atoms with E-state index in [9.17, 15) is 0 Å². The molecule has 3 heteroatoms. The first kappa shape index (κ1) is 34.4. The molecule has 61 heavy (non-hydrogen) atoms. The molecule has 288 valence electrons. The van der Waals surface area contributed by atoms with Crippen LogP contribution in [0.2, 0.25) is 0 Å². The zero-order valence-electron chi connectivity index (χ0n) is 33.6. The molecule has 0 N–H and O–H groups in total. The van der Waals surface area contributed by atoms with Crippen molar-refractivity contribution >= 4 is 54.8 Å². The van der Waals surface area contributed by atoms with Gasteiger partial charge in [0, 0.05) is 49.7 Å². The lowest BCUT2D eigenvalue weighted by Gasteiger charge is -2.23.